The zero-order valence-electron chi connectivity index (χ0n) is 46.2. The van der Waals surface area contributed by atoms with Crippen LogP contribution in [0, 0.1) is 5.92 Å². The number of aliphatic hydroxyl groups is 5. The number of aliphatic hydroxyl groups excluding tert-OH is 5. The van der Waals surface area contributed by atoms with Crippen molar-refractivity contribution in [3.63, 3.8) is 0 Å². The number of rotatable bonds is 15. The maximum Gasteiger partial charge on any atom is 0.259 e. The lowest BCUT2D eigenvalue weighted by atomic mass is 9.99. The van der Waals surface area contributed by atoms with E-state index in [1.54, 1.807) is 38.1 Å². The molecule has 12 atom stereocenters. The molecular formula is C59H76N8O14. The third-order valence-electron chi connectivity index (χ3n) is 15.1. The lowest BCUT2D eigenvalue weighted by Gasteiger charge is -2.33. The van der Waals surface area contributed by atoms with Gasteiger partial charge in [-0.3, -0.25) is 39.0 Å². The van der Waals surface area contributed by atoms with Gasteiger partial charge in [0.25, 0.3) is 11.8 Å². The molecule has 4 aromatic carbocycles. The van der Waals surface area contributed by atoms with E-state index in [1.165, 1.54) is 43.1 Å². The van der Waals surface area contributed by atoms with Crippen molar-refractivity contribution in [2.24, 2.45) is 5.92 Å². The molecule has 22 nitrogen and oxygen atoms in total. The Balaban J connectivity index is 1.16. The molecular weight excluding hydrogens is 1040 g/mol. The van der Waals surface area contributed by atoms with Crippen molar-refractivity contribution >= 4 is 41.4 Å². The summed E-state index contributed by atoms with van der Waals surface area (Å²) >= 11 is 0. The van der Waals surface area contributed by atoms with E-state index in [1.807, 2.05) is 48.5 Å². The minimum atomic E-state index is -1.92. The molecule has 0 saturated carbocycles. The molecule has 2 unspecified atom stereocenters. The summed E-state index contributed by atoms with van der Waals surface area (Å²) in [7, 11) is 0. The fourth-order valence-electron chi connectivity index (χ4n) is 10.3. The normalized spacial score (nSPS) is 25.7. The van der Waals surface area contributed by atoms with E-state index in [2.05, 4.69) is 33.6 Å². The molecule has 7 rings (SSSR count). The maximum atomic E-state index is 14.5. The number of carbonyl (C=O) groups is 7. The van der Waals surface area contributed by atoms with Gasteiger partial charge in [0.15, 0.2) is 0 Å². The van der Waals surface area contributed by atoms with Gasteiger partial charge >= 0.3 is 0 Å². The number of aromatic hydroxyl groups is 1. The largest absolute Gasteiger partial charge is 0.508 e. The van der Waals surface area contributed by atoms with Gasteiger partial charge < -0.3 is 66.4 Å². The van der Waals surface area contributed by atoms with Gasteiger partial charge in [0.05, 0.1) is 37.1 Å². The Morgan fingerprint density at radius 2 is 1.22 bits per heavy atom. The van der Waals surface area contributed by atoms with Gasteiger partial charge in [0.2, 0.25) is 29.5 Å². The summed E-state index contributed by atoms with van der Waals surface area (Å²) in [5, 5.41) is 77.6. The number of hydrogen-bond donors (Lipinski definition) is 11. The number of benzene rings is 4. The van der Waals surface area contributed by atoms with E-state index in [0.29, 0.717) is 12.2 Å². The van der Waals surface area contributed by atoms with Gasteiger partial charge in [0.1, 0.15) is 47.8 Å². The first-order valence-corrected chi connectivity index (χ1v) is 27.7. The van der Waals surface area contributed by atoms with Crippen LogP contribution in [0.25, 0.3) is 22.3 Å². The first-order chi connectivity index (χ1) is 38.7. The van der Waals surface area contributed by atoms with E-state index in [0.717, 1.165) is 57.1 Å². The third-order valence-corrected chi connectivity index (χ3v) is 15.1. The predicted molar refractivity (Wildman–Crippen MR) is 297 cm³/mol. The highest BCUT2D eigenvalue weighted by Crippen LogP contribution is 2.29. The molecule has 81 heavy (non-hydrogen) atoms. The smallest absolute Gasteiger partial charge is 0.259 e. The molecule has 3 fully saturated rings. The maximum absolute atomic E-state index is 14.5. The van der Waals surface area contributed by atoms with Crippen molar-refractivity contribution in [2.75, 3.05) is 32.8 Å². The van der Waals surface area contributed by atoms with Crippen LogP contribution in [-0.4, -0.2) is 186 Å². The fraction of sp³-hybridized carbons (Fsp3) is 0.475. The Labute approximate surface area is 470 Å². The van der Waals surface area contributed by atoms with E-state index in [-0.39, 0.29) is 50.2 Å². The molecule has 3 heterocycles. The monoisotopic (exact) mass is 1120 g/mol. The van der Waals surface area contributed by atoms with Gasteiger partial charge in [-0.05, 0) is 90.9 Å². The highest BCUT2D eigenvalue weighted by Gasteiger charge is 2.49. The molecule has 0 aromatic heterocycles. The second-order valence-corrected chi connectivity index (χ2v) is 21.3. The van der Waals surface area contributed by atoms with Crippen LogP contribution in [0.4, 0.5) is 0 Å². The molecule has 436 valence electrons. The zero-order chi connectivity index (χ0) is 58.7. The summed E-state index contributed by atoms with van der Waals surface area (Å²) in [4.78, 5) is 103. The van der Waals surface area contributed by atoms with E-state index < -0.39 is 121 Å². The van der Waals surface area contributed by atoms with Crippen molar-refractivity contribution in [2.45, 2.75) is 140 Å². The lowest BCUT2D eigenvalue weighted by Crippen LogP contribution is -2.64. The van der Waals surface area contributed by atoms with Crippen molar-refractivity contribution in [1.29, 1.82) is 0 Å². The van der Waals surface area contributed by atoms with Crippen LogP contribution >= 0.6 is 0 Å². The number of nitrogens with zero attached hydrogens (tertiary/aromatic N) is 3. The zero-order valence-corrected chi connectivity index (χ0v) is 46.2. The number of carbonyl (C=O) groups excluding carboxylic acids is 7. The minimum absolute atomic E-state index is 0.0926. The minimum Gasteiger partial charge on any atom is -0.508 e. The number of amides is 7. The Bertz CT molecular complexity index is 2820. The average Bonchev–Trinajstić information content (AvgIpc) is 4.27. The number of hydrogen-bond acceptors (Lipinski definition) is 15. The van der Waals surface area contributed by atoms with Gasteiger partial charge in [0, 0.05) is 50.5 Å². The predicted octanol–water partition coefficient (Wildman–Crippen LogP) is 1.14. The van der Waals surface area contributed by atoms with Crippen molar-refractivity contribution in [1.82, 2.24) is 41.5 Å². The molecule has 22 heteroatoms. The molecule has 0 spiro atoms. The van der Waals surface area contributed by atoms with E-state index >= 15 is 0 Å². The van der Waals surface area contributed by atoms with Crippen LogP contribution in [0.3, 0.4) is 0 Å². The summed E-state index contributed by atoms with van der Waals surface area (Å²) in [6, 6.07) is 18.0. The Morgan fingerprint density at radius 3 is 1.79 bits per heavy atom. The molecule has 11 N–H and O–H groups in total. The fourth-order valence-corrected chi connectivity index (χ4v) is 10.3. The van der Waals surface area contributed by atoms with Crippen LogP contribution in [0.5, 0.6) is 11.5 Å². The number of ether oxygens (including phenoxy) is 1. The summed E-state index contributed by atoms with van der Waals surface area (Å²) in [5.41, 5.74) is 6.93. The van der Waals surface area contributed by atoms with Crippen LogP contribution < -0.4 is 31.4 Å². The van der Waals surface area contributed by atoms with Gasteiger partial charge in [-0.25, -0.2) is 5.01 Å². The SMILES string of the molecule is CCCCCOc1ccc(-c2ccc(-c3ccc(C(=O)N[C@H]4CCN(CC)NC(=O)[C@@H]5[C@@H](O)[C@@H](C)CN5C(=O)[C@H](C(C)O)NC(=O)[C@H]([C@H](O)Cc5ccc(O)cc5)NC(=O)[C@@H]5C[C@@H](O)CN5C(=O)[C@H](C(C)O)NC4=O)cc3)cc2)cc1. The molecule has 4 aromatic rings. The highest BCUT2D eigenvalue weighted by atomic mass is 16.5. The summed E-state index contributed by atoms with van der Waals surface area (Å²) < 4.78 is 5.86. The summed E-state index contributed by atoms with van der Waals surface area (Å²) in [6.07, 6.45) is -5.49. The number of fused-ring (bicyclic) bond motifs is 2. The Kier molecular flexibility index (Phi) is 21.0. The Morgan fingerprint density at radius 1 is 0.679 bits per heavy atom. The highest BCUT2D eigenvalue weighted by molar-refractivity contribution is 6.00. The molecule has 3 aliphatic heterocycles. The molecule has 7 amide bonds. The molecule has 0 radical (unpaired) electrons. The first-order valence-electron chi connectivity index (χ1n) is 27.7. The second-order valence-electron chi connectivity index (χ2n) is 21.3. The van der Waals surface area contributed by atoms with Crippen molar-refractivity contribution in [3.8, 4) is 33.8 Å². The third kappa shape index (κ3) is 15.3. The Hall–Kier alpha value is -7.47. The van der Waals surface area contributed by atoms with Crippen LogP contribution in [0.15, 0.2) is 97.1 Å². The van der Waals surface area contributed by atoms with Crippen LogP contribution in [-0.2, 0) is 35.2 Å². The van der Waals surface area contributed by atoms with E-state index in [9.17, 15) is 64.2 Å². The van der Waals surface area contributed by atoms with Gasteiger partial charge in [-0.15, -0.1) is 0 Å². The quantitative estimate of drug-likeness (QED) is 0.0744. The summed E-state index contributed by atoms with van der Waals surface area (Å²) in [6.45, 7) is 7.78. The van der Waals surface area contributed by atoms with E-state index in [4.69, 9.17) is 4.74 Å². The molecule has 0 aliphatic carbocycles. The van der Waals surface area contributed by atoms with Gasteiger partial charge in [-0.1, -0.05) is 94.3 Å². The summed E-state index contributed by atoms with van der Waals surface area (Å²) in [5.74, 6) is -6.71. The van der Waals surface area contributed by atoms with Gasteiger partial charge in [-0.2, -0.15) is 0 Å². The second kappa shape index (κ2) is 27.8. The van der Waals surface area contributed by atoms with Crippen LogP contribution in [0.2, 0.25) is 0 Å². The number of unbranched alkanes of at least 4 members (excludes halogenated alkanes) is 2. The lowest BCUT2D eigenvalue weighted by molar-refractivity contribution is -0.148. The standard InChI is InChI=1S/C59H76N8O14/c1-6-8-9-28-81-44-24-20-40(21-25-44)38-14-12-37(13-15-38)39-16-18-41(19-17-39)53(74)60-45-26-27-65(7-2)64-57(78)51-52(73)33(3)31-67(51)59(80)49(35(5)69)62-56(77)50(47(72)29-36-10-22-42(70)23-11-36)63-55(76)46-30-43(71)32-66(46)58(79)48(34(4)68)61-54(45)75/h10-25,33-35,43,45-52,68-73H,6-9,26-32H2,1-5H3,(H,60,74)(H,61,75)(H,62,77)(H,63,76)(H,64,78)/t33-,34?,35?,43+,45-,46-,47+,48-,49-,50-,51-,52-/m0/s1. The molecule has 3 saturated heterocycles. The number of phenols is 1. The average molecular weight is 1120 g/mol. The number of hydrazine groups is 1. The molecule has 0 bridgehead atoms. The number of phenolic OH excluding ortho intramolecular Hbond substituents is 1. The van der Waals surface area contributed by atoms with Crippen molar-refractivity contribution < 1.29 is 68.9 Å². The molecule has 3 aliphatic rings. The first kappa shape index (κ1) is 61.2. The van der Waals surface area contributed by atoms with Crippen molar-refractivity contribution in [3.05, 3.63) is 108 Å². The number of nitrogens with one attached hydrogen (secondary N) is 5. The topological polar surface area (TPSA) is 320 Å². The van der Waals surface area contributed by atoms with Crippen LogP contribution in [0.1, 0.15) is 82.6 Å².